The molecule has 0 aliphatic carbocycles. The molecule has 13 heavy (non-hydrogen) atoms. The number of halogens is 4. The fourth-order valence-electron chi connectivity index (χ4n) is 0.693. The molecule has 0 saturated carbocycles. The lowest BCUT2D eigenvalue weighted by Crippen LogP contribution is -1.98. The third-order valence-corrected chi connectivity index (χ3v) is 2.87. The standard InChI is InChI=1S/C7H4ClF3S2/c8-13-6-3-1-5(2-4-6)12-7(9,10)11/h1-4H. The summed E-state index contributed by atoms with van der Waals surface area (Å²) in [5.41, 5.74) is -4.23. The van der Waals surface area contributed by atoms with Crippen LogP contribution in [0, 0.1) is 0 Å². The molecule has 1 rings (SSSR count). The first kappa shape index (κ1) is 11.1. The van der Waals surface area contributed by atoms with E-state index in [0.29, 0.717) is 0 Å². The summed E-state index contributed by atoms with van der Waals surface area (Å²) in [5, 5.41) is 0. The molecule has 0 saturated heterocycles. The second-order valence-electron chi connectivity index (χ2n) is 2.10. The van der Waals surface area contributed by atoms with E-state index in [1.807, 2.05) is 0 Å². The van der Waals surface area contributed by atoms with E-state index >= 15 is 0 Å². The van der Waals surface area contributed by atoms with Crippen molar-refractivity contribution in [2.75, 3.05) is 0 Å². The molecule has 0 aliphatic rings. The molecule has 0 unspecified atom stereocenters. The maximum Gasteiger partial charge on any atom is 0.446 e. The van der Waals surface area contributed by atoms with Crippen LogP contribution < -0.4 is 0 Å². The highest BCUT2D eigenvalue weighted by Gasteiger charge is 2.28. The highest BCUT2D eigenvalue weighted by Crippen LogP contribution is 2.37. The second-order valence-corrected chi connectivity index (χ2v) is 4.32. The van der Waals surface area contributed by atoms with Gasteiger partial charge in [-0.1, -0.05) is 0 Å². The predicted octanol–water partition coefficient (Wildman–Crippen LogP) is 4.54. The van der Waals surface area contributed by atoms with Gasteiger partial charge in [-0.3, -0.25) is 0 Å². The van der Waals surface area contributed by atoms with E-state index in [0.717, 1.165) is 15.9 Å². The summed E-state index contributed by atoms with van der Waals surface area (Å²) in [6, 6.07) is 5.88. The number of thioether (sulfide) groups is 1. The Labute approximate surface area is 86.3 Å². The molecule has 1 aromatic rings. The molecular formula is C7H4ClF3S2. The van der Waals surface area contributed by atoms with Crippen molar-refractivity contribution < 1.29 is 13.2 Å². The van der Waals surface area contributed by atoms with E-state index in [2.05, 4.69) is 0 Å². The van der Waals surface area contributed by atoms with Gasteiger partial charge in [0.15, 0.2) is 0 Å². The van der Waals surface area contributed by atoms with Gasteiger partial charge in [0.25, 0.3) is 0 Å². The molecule has 0 atom stereocenters. The molecule has 0 radical (unpaired) electrons. The average Bonchev–Trinajstić information content (AvgIpc) is 2.03. The predicted molar refractivity (Wildman–Crippen MR) is 50.1 cm³/mol. The number of rotatable bonds is 2. The molecule has 0 fully saturated rings. The van der Waals surface area contributed by atoms with Gasteiger partial charge < -0.3 is 0 Å². The van der Waals surface area contributed by atoms with E-state index in [1.54, 1.807) is 12.1 Å². The SMILES string of the molecule is FC(F)(F)Sc1ccc(SCl)cc1. The molecule has 0 heterocycles. The first-order chi connectivity index (χ1) is 6.01. The van der Waals surface area contributed by atoms with Gasteiger partial charge >= 0.3 is 5.51 Å². The van der Waals surface area contributed by atoms with Crippen molar-refractivity contribution in [3.05, 3.63) is 24.3 Å². The van der Waals surface area contributed by atoms with Crippen LogP contribution in [0.3, 0.4) is 0 Å². The van der Waals surface area contributed by atoms with Crippen LogP contribution in [0.4, 0.5) is 13.2 Å². The fourth-order valence-corrected chi connectivity index (χ4v) is 1.78. The lowest BCUT2D eigenvalue weighted by molar-refractivity contribution is -0.0328. The van der Waals surface area contributed by atoms with Gasteiger partial charge in [-0.2, -0.15) is 13.2 Å². The van der Waals surface area contributed by atoms with Crippen LogP contribution in [0.5, 0.6) is 0 Å². The fraction of sp³-hybridized carbons (Fsp3) is 0.143. The summed E-state index contributed by atoms with van der Waals surface area (Å²) in [6.07, 6.45) is 0. The lowest BCUT2D eigenvalue weighted by Gasteiger charge is -2.04. The first-order valence-electron chi connectivity index (χ1n) is 3.15. The van der Waals surface area contributed by atoms with Gasteiger partial charge in [0.05, 0.1) is 0 Å². The Morgan fingerprint density at radius 3 is 1.85 bits per heavy atom. The molecule has 0 aromatic heterocycles. The monoisotopic (exact) mass is 244 g/mol. The zero-order chi connectivity index (χ0) is 9.90. The van der Waals surface area contributed by atoms with Crippen LogP contribution in [0.2, 0.25) is 0 Å². The van der Waals surface area contributed by atoms with Crippen molar-refractivity contribution >= 4 is 33.4 Å². The van der Waals surface area contributed by atoms with Gasteiger partial charge in [-0.25, -0.2) is 0 Å². The van der Waals surface area contributed by atoms with Crippen LogP contribution in [0.25, 0.3) is 0 Å². The summed E-state index contributed by atoms with van der Waals surface area (Å²) in [7, 11) is 6.38. The van der Waals surface area contributed by atoms with Gasteiger partial charge in [0.1, 0.15) is 0 Å². The highest BCUT2D eigenvalue weighted by molar-refractivity contribution is 8.21. The number of hydrogen-bond acceptors (Lipinski definition) is 2. The average molecular weight is 245 g/mol. The van der Waals surface area contributed by atoms with E-state index in [-0.39, 0.29) is 16.7 Å². The van der Waals surface area contributed by atoms with Crippen molar-refractivity contribution in [3.8, 4) is 0 Å². The Morgan fingerprint density at radius 2 is 1.46 bits per heavy atom. The van der Waals surface area contributed by atoms with Crippen molar-refractivity contribution in [2.24, 2.45) is 0 Å². The summed E-state index contributed by atoms with van der Waals surface area (Å²) < 4.78 is 35.6. The minimum Gasteiger partial charge on any atom is -0.160 e. The van der Waals surface area contributed by atoms with E-state index < -0.39 is 5.51 Å². The Hall–Kier alpha value is -0.000000000000000111. The quantitative estimate of drug-likeness (QED) is 0.701. The van der Waals surface area contributed by atoms with Crippen molar-refractivity contribution in [3.63, 3.8) is 0 Å². The topological polar surface area (TPSA) is 0 Å². The number of hydrogen-bond donors (Lipinski definition) is 0. The minimum absolute atomic E-state index is 0.132. The van der Waals surface area contributed by atoms with Crippen LogP contribution >= 0.6 is 33.4 Å². The normalized spacial score (nSPS) is 11.7. The Morgan fingerprint density at radius 1 is 1.00 bits per heavy atom. The van der Waals surface area contributed by atoms with Crippen molar-refractivity contribution in [1.29, 1.82) is 0 Å². The molecular weight excluding hydrogens is 241 g/mol. The van der Waals surface area contributed by atoms with Crippen LogP contribution in [0.15, 0.2) is 34.1 Å². The van der Waals surface area contributed by atoms with Crippen LogP contribution in [-0.4, -0.2) is 5.51 Å². The smallest absolute Gasteiger partial charge is 0.160 e. The maximum atomic E-state index is 11.9. The second kappa shape index (κ2) is 4.48. The Balaban J connectivity index is 2.70. The summed E-state index contributed by atoms with van der Waals surface area (Å²) in [6.45, 7) is 0. The first-order valence-corrected chi connectivity index (χ1v) is 5.61. The van der Waals surface area contributed by atoms with Crippen molar-refractivity contribution in [2.45, 2.75) is 15.3 Å². The van der Waals surface area contributed by atoms with Crippen LogP contribution in [0.1, 0.15) is 0 Å². The molecule has 72 valence electrons. The molecule has 6 heteroatoms. The summed E-state index contributed by atoms with van der Waals surface area (Å²) >= 11 is -0.132. The zero-order valence-electron chi connectivity index (χ0n) is 6.14. The molecule has 0 nitrogen and oxygen atoms in total. The highest BCUT2D eigenvalue weighted by atomic mass is 35.7. The third kappa shape index (κ3) is 4.15. The van der Waals surface area contributed by atoms with Gasteiger partial charge in [0, 0.05) is 9.79 Å². The van der Waals surface area contributed by atoms with E-state index in [1.165, 1.54) is 12.1 Å². The minimum atomic E-state index is -4.23. The summed E-state index contributed by atoms with van der Waals surface area (Å²) in [4.78, 5) is 0.898. The molecule has 1 aromatic carbocycles. The molecule has 0 spiro atoms. The Kier molecular flexibility index (Phi) is 3.82. The van der Waals surface area contributed by atoms with Gasteiger partial charge in [0.2, 0.25) is 0 Å². The number of alkyl halides is 3. The molecule has 0 aliphatic heterocycles. The number of benzene rings is 1. The van der Waals surface area contributed by atoms with Gasteiger partial charge in [-0.15, -0.1) is 0 Å². The summed E-state index contributed by atoms with van der Waals surface area (Å²) in [5.74, 6) is 0. The van der Waals surface area contributed by atoms with Crippen molar-refractivity contribution in [1.82, 2.24) is 0 Å². The third-order valence-electron chi connectivity index (χ3n) is 1.15. The van der Waals surface area contributed by atoms with E-state index in [9.17, 15) is 13.2 Å². The largest absolute Gasteiger partial charge is 0.446 e. The maximum absolute atomic E-state index is 11.9. The molecule has 0 N–H and O–H groups in total. The van der Waals surface area contributed by atoms with E-state index in [4.69, 9.17) is 10.7 Å². The van der Waals surface area contributed by atoms with Gasteiger partial charge in [-0.05, 0) is 57.7 Å². The molecule has 0 amide bonds. The zero-order valence-corrected chi connectivity index (χ0v) is 8.53. The van der Waals surface area contributed by atoms with Crippen LogP contribution in [-0.2, 0) is 0 Å². The molecule has 0 bridgehead atoms. The lowest BCUT2D eigenvalue weighted by atomic mass is 10.4. The Bertz CT molecular complexity index is 270.